The molecule has 2 aromatic rings. The van der Waals surface area contributed by atoms with Crippen LogP contribution in [0.3, 0.4) is 0 Å². The van der Waals surface area contributed by atoms with E-state index >= 15 is 0 Å². The Hall–Kier alpha value is -3.86. The highest BCUT2D eigenvalue weighted by Crippen LogP contribution is 2.77. The molecule has 1 heterocycles. The summed E-state index contributed by atoms with van der Waals surface area (Å²) >= 11 is 0. The van der Waals surface area contributed by atoms with E-state index < -0.39 is 34.7 Å². The first kappa shape index (κ1) is 42.8. The summed E-state index contributed by atoms with van der Waals surface area (Å²) in [5, 5.41) is 32.9. The number of aliphatic hydroxyl groups excluding tert-OH is 1. The van der Waals surface area contributed by atoms with Gasteiger partial charge in [-0.15, -0.1) is 10.2 Å². The fourth-order valence-electron chi connectivity index (χ4n) is 14.9. The number of fused-ring (bicyclic) bond motifs is 7. The van der Waals surface area contributed by atoms with E-state index in [1.54, 1.807) is 31.2 Å². The van der Waals surface area contributed by atoms with E-state index in [0.29, 0.717) is 47.6 Å². The molecule has 0 spiro atoms. The molecule has 8 rings (SSSR count). The van der Waals surface area contributed by atoms with Gasteiger partial charge in [-0.25, -0.2) is 0 Å². The van der Waals surface area contributed by atoms with Gasteiger partial charge < -0.3 is 24.7 Å². The highest BCUT2D eigenvalue weighted by atomic mass is 16.5. The number of carbonyl (C=O) groups is 4. The van der Waals surface area contributed by atoms with Crippen LogP contribution in [0.4, 0.5) is 0 Å². The minimum Gasteiger partial charge on any atom is -0.481 e. The molecule has 11 nitrogen and oxygen atoms in total. The molecule has 11 atom stereocenters. The van der Waals surface area contributed by atoms with Crippen molar-refractivity contribution in [2.45, 2.75) is 146 Å². The maximum Gasteiger partial charge on any atom is 0.309 e. The predicted molar refractivity (Wildman–Crippen MR) is 225 cm³/mol. The van der Waals surface area contributed by atoms with E-state index in [2.05, 4.69) is 64.0 Å². The lowest BCUT2D eigenvalue weighted by Gasteiger charge is -2.72. The number of ketones is 1. The number of hydrogen-bond acceptors (Lipinski definition) is 9. The second-order valence-electron chi connectivity index (χ2n) is 22.1. The van der Waals surface area contributed by atoms with Gasteiger partial charge in [-0.05, 0) is 133 Å². The number of aliphatic hydroxyl groups is 1. The van der Waals surface area contributed by atoms with Crippen molar-refractivity contribution in [2.75, 3.05) is 6.54 Å². The van der Waals surface area contributed by atoms with Gasteiger partial charge in [-0.2, -0.15) is 0 Å². The smallest absolute Gasteiger partial charge is 0.309 e. The van der Waals surface area contributed by atoms with Crippen LogP contribution >= 0.6 is 0 Å². The number of nitrogens with zero attached hydrogens (tertiary/aromatic N) is 2. The number of nitrogens with one attached hydrogen (secondary N) is 1. The molecule has 0 unspecified atom stereocenters. The van der Waals surface area contributed by atoms with Crippen molar-refractivity contribution < 1.29 is 38.5 Å². The number of carboxylic acids is 1. The topological polar surface area (TPSA) is 169 Å². The number of ether oxygens (including phenoxy) is 1. The van der Waals surface area contributed by atoms with E-state index in [1.165, 1.54) is 5.57 Å². The zero-order valence-electron chi connectivity index (χ0n) is 37.4. The standard InChI is InChI=1S/C49H67N3O8/c1-26(2)38-33(53)24-49(36(54)25-50-40(55)28-11-13-29(14-12-28)41-52-51-27(3)59-41)22-21-47(9)30(39(38)49)15-16-35-46(8)19-18-37(45(6,7)34(46)17-20-48(35,47)10)60-43(58)32-23-31(42(56)57)44(32,4)5/h11-14,26,30-32,34-37,54H,15-25H2,1-10H3,(H,50,55)(H,56,57)/t30-,31+,32-,34+,35-,36+,37+,46+,47-,48-,49+/m1/s1. The van der Waals surface area contributed by atoms with Crippen LogP contribution in [-0.4, -0.2) is 62.8 Å². The molecule has 60 heavy (non-hydrogen) atoms. The van der Waals surface area contributed by atoms with Gasteiger partial charge in [0.1, 0.15) is 6.10 Å². The number of aryl methyl sites for hydroxylation is 1. The molecule has 6 aliphatic rings. The number of benzene rings is 1. The molecular weight excluding hydrogens is 759 g/mol. The van der Waals surface area contributed by atoms with Gasteiger partial charge in [0.15, 0.2) is 5.78 Å². The molecule has 0 bridgehead atoms. The van der Waals surface area contributed by atoms with E-state index in [4.69, 9.17) is 9.15 Å². The molecular formula is C49H67N3O8. The van der Waals surface area contributed by atoms with Gasteiger partial charge in [-0.1, -0.05) is 67.9 Å². The van der Waals surface area contributed by atoms with E-state index in [-0.39, 0.29) is 70.2 Å². The summed E-state index contributed by atoms with van der Waals surface area (Å²) < 4.78 is 11.9. The molecule has 11 heteroatoms. The third kappa shape index (κ3) is 6.11. The van der Waals surface area contributed by atoms with Crippen LogP contribution in [0.15, 0.2) is 39.8 Å². The molecule has 1 aromatic heterocycles. The van der Waals surface area contributed by atoms with Gasteiger partial charge in [0.25, 0.3) is 5.91 Å². The zero-order valence-corrected chi connectivity index (χ0v) is 37.4. The average molecular weight is 826 g/mol. The molecule has 3 N–H and O–H groups in total. The number of aliphatic carboxylic acids is 1. The number of rotatable bonds is 9. The fourth-order valence-corrected chi connectivity index (χ4v) is 14.9. The minimum atomic E-state index is -0.917. The molecule has 0 radical (unpaired) electrons. The fraction of sp³-hybridized carbons (Fsp3) is 0.714. The van der Waals surface area contributed by atoms with Crippen molar-refractivity contribution in [3.63, 3.8) is 0 Å². The second kappa shape index (κ2) is 14.3. The van der Waals surface area contributed by atoms with Crippen LogP contribution in [0.1, 0.15) is 143 Å². The summed E-state index contributed by atoms with van der Waals surface area (Å²) in [5.41, 5.74) is 1.56. The molecule has 0 saturated heterocycles. The first-order valence-corrected chi connectivity index (χ1v) is 22.6. The Morgan fingerprint density at radius 1 is 0.867 bits per heavy atom. The number of allylic oxidation sites excluding steroid dienone is 1. The van der Waals surface area contributed by atoms with Crippen LogP contribution < -0.4 is 5.32 Å². The first-order chi connectivity index (χ1) is 28.0. The van der Waals surface area contributed by atoms with E-state index in [9.17, 15) is 29.4 Å². The maximum absolute atomic E-state index is 14.2. The van der Waals surface area contributed by atoms with Crippen LogP contribution in [0, 0.1) is 74.9 Å². The van der Waals surface area contributed by atoms with E-state index in [1.807, 2.05) is 13.8 Å². The van der Waals surface area contributed by atoms with Gasteiger partial charge >= 0.3 is 11.9 Å². The van der Waals surface area contributed by atoms with Crippen molar-refractivity contribution in [2.24, 2.45) is 68.0 Å². The highest BCUT2D eigenvalue weighted by Gasteiger charge is 2.71. The van der Waals surface area contributed by atoms with Crippen LogP contribution in [0.5, 0.6) is 0 Å². The van der Waals surface area contributed by atoms with Gasteiger partial charge in [0, 0.05) is 41.8 Å². The third-order valence-electron chi connectivity index (χ3n) is 18.5. The van der Waals surface area contributed by atoms with Gasteiger partial charge in [0.05, 0.1) is 17.9 Å². The summed E-state index contributed by atoms with van der Waals surface area (Å²) in [7, 11) is 0. The molecule has 5 fully saturated rings. The van der Waals surface area contributed by atoms with Crippen molar-refractivity contribution in [3.8, 4) is 11.5 Å². The maximum atomic E-state index is 14.2. The largest absolute Gasteiger partial charge is 0.481 e. The number of esters is 1. The van der Waals surface area contributed by atoms with Crippen molar-refractivity contribution in [1.82, 2.24) is 15.5 Å². The molecule has 1 amide bonds. The summed E-state index contributed by atoms with van der Waals surface area (Å²) in [6, 6.07) is 6.97. The molecule has 0 aliphatic heterocycles. The predicted octanol–water partition coefficient (Wildman–Crippen LogP) is 8.78. The molecule has 5 saturated carbocycles. The van der Waals surface area contributed by atoms with Gasteiger partial charge in [0.2, 0.25) is 11.8 Å². The van der Waals surface area contributed by atoms with Crippen molar-refractivity contribution >= 4 is 23.6 Å². The lowest BCUT2D eigenvalue weighted by Crippen LogP contribution is -2.66. The Labute approximate surface area is 355 Å². The Morgan fingerprint density at radius 3 is 2.18 bits per heavy atom. The van der Waals surface area contributed by atoms with Crippen LogP contribution in [-0.2, 0) is 19.1 Å². The Balaban J connectivity index is 1.01. The molecule has 6 aliphatic carbocycles. The lowest BCUT2D eigenvalue weighted by atomic mass is 9.33. The number of aromatic nitrogens is 2. The number of Topliss-reactive ketones (excluding diaryl/α,β-unsaturated/α-hetero) is 1. The number of carboxylic acid groups (broad SMARTS) is 1. The number of hydrogen-bond donors (Lipinski definition) is 3. The summed E-state index contributed by atoms with van der Waals surface area (Å²) in [4.78, 5) is 53.1. The first-order valence-electron chi connectivity index (χ1n) is 22.6. The van der Waals surface area contributed by atoms with E-state index in [0.717, 1.165) is 50.5 Å². The monoisotopic (exact) mass is 825 g/mol. The van der Waals surface area contributed by atoms with Crippen molar-refractivity contribution in [3.05, 3.63) is 46.9 Å². The molecule has 326 valence electrons. The Kier molecular flexibility index (Phi) is 10.2. The minimum absolute atomic E-state index is 0.0132. The highest BCUT2D eigenvalue weighted by molar-refractivity contribution is 6.01. The zero-order chi connectivity index (χ0) is 43.5. The Morgan fingerprint density at radius 2 is 1.57 bits per heavy atom. The SMILES string of the molecule is Cc1nnc(-c2ccc(C(=O)NC[C@H](O)[C@@]34CC[C@]5(C)[C@H](CC[C@@H]6[C@@]7(C)CC[C@H](OC(=O)[C@H]8C[C@@H](C(=O)O)C8(C)C)C(C)(C)[C@@H]7CC[C@]65C)C3=C(C(C)C)C(=O)C4)cc2)o1. The quantitative estimate of drug-likeness (QED) is 0.208. The second-order valence-corrected chi connectivity index (χ2v) is 22.1. The van der Waals surface area contributed by atoms with Crippen LogP contribution in [0.25, 0.3) is 11.5 Å². The summed E-state index contributed by atoms with van der Waals surface area (Å²) in [6.07, 6.45) is 6.86. The van der Waals surface area contributed by atoms with Gasteiger partial charge in [-0.3, -0.25) is 19.2 Å². The van der Waals surface area contributed by atoms with Crippen LogP contribution in [0.2, 0.25) is 0 Å². The normalized spacial score (nSPS) is 38.2. The summed E-state index contributed by atoms with van der Waals surface area (Å²) in [5.74, 6) is -0.361. The number of carbonyl (C=O) groups excluding carboxylic acids is 3. The lowest BCUT2D eigenvalue weighted by molar-refractivity contribution is -0.238. The summed E-state index contributed by atoms with van der Waals surface area (Å²) in [6.45, 7) is 21.9. The Bertz CT molecular complexity index is 2120. The molecule has 1 aromatic carbocycles. The number of amides is 1. The average Bonchev–Trinajstić information content (AvgIpc) is 3.75. The van der Waals surface area contributed by atoms with Crippen molar-refractivity contribution in [1.29, 1.82) is 0 Å². The third-order valence-corrected chi connectivity index (χ3v) is 18.5.